The van der Waals surface area contributed by atoms with Crippen molar-refractivity contribution in [3.05, 3.63) is 0 Å². The van der Waals surface area contributed by atoms with Gasteiger partial charge in [0.2, 0.25) is 0 Å². The largest absolute Gasteiger partial charge is 0.775 e. The molecule has 0 radical (unpaired) electrons. The molecule has 0 fully saturated rings. The summed E-state index contributed by atoms with van der Waals surface area (Å²) in [6, 6.07) is 0. The first-order valence-corrected chi connectivity index (χ1v) is 1.00. The van der Waals surface area contributed by atoms with Crippen LogP contribution in [0.4, 0.5) is 0 Å². The van der Waals surface area contributed by atoms with Crippen LogP contribution in [0, 0.1) is 31.1 Å². The molecule has 0 saturated carbocycles. The second kappa shape index (κ2) is 8.90. The summed E-state index contributed by atoms with van der Waals surface area (Å²) in [6.45, 7) is 0. The zero-order valence-electron chi connectivity index (χ0n) is 2.72. The van der Waals surface area contributed by atoms with Crippen LogP contribution < -0.4 is 0 Å². The molecule has 0 spiro atoms. The van der Waals surface area contributed by atoms with E-state index in [1.807, 2.05) is 0 Å². The smallest absolute Gasteiger partial charge is 0.123 e. The Morgan fingerprint density at radius 3 is 2.25 bits per heavy atom. The maximum atomic E-state index is 8.67. The molecular formula is HO2SU-. The number of hydrogen-bond acceptors (Lipinski definition) is 2. The van der Waals surface area contributed by atoms with E-state index >= 15 is 0 Å². The standard InChI is InChI=1S/H2O2S.U/c1-3-2;/h3H,(H,1,2);/p-1/i3T;. The second-order valence-electron chi connectivity index (χ2n) is 0.0680. The number of hydrogen-bond donors (Lipinski definition) is 1. The molecule has 4 heteroatoms. The molecule has 4 heavy (non-hydrogen) atoms. The number of rotatable bonds is 0. The molecule has 0 bridgehead atoms. The van der Waals surface area contributed by atoms with E-state index in [1.165, 1.54) is 0 Å². The summed E-state index contributed by atoms with van der Waals surface area (Å²) in [4.78, 5) is 0. The summed E-state index contributed by atoms with van der Waals surface area (Å²) < 4.78 is 22.8. The van der Waals surface area contributed by atoms with E-state index in [9.17, 15) is 0 Å². The zero-order valence-corrected chi connectivity index (χ0v) is 6.70. The molecule has 0 heterocycles. The Kier molecular flexibility index (Phi) is 11.5. The van der Waals surface area contributed by atoms with Gasteiger partial charge in [0, 0.05) is 31.1 Å². The van der Waals surface area contributed by atoms with Crippen molar-refractivity contribution in [2.75, 3.05) is 0 Å². The van der Waals surface area contributed by atoms with Gasteiger partial charge in [-0.2, -0.15) is 0 Å². The van der Waals surface area contributed by atoms with Crippen molar-refractivity contribution in [1.82, 2.24) is 0 Å². The van der Waals surface area contributed by atoms with E-state index in [2.05, 4.69) is 0 Å². The predicted molar refractivity (Wildman–Crippen MR) is 10.3 cm³/mol. The molecule has 1 atom stereocenters. The molecule has 0 rings (SSSR count). The van der Waals surface area contributed by atoms with Gasteiger partial charge in [-0.25, -0.2) is 0 Å². The van der Waals surface area contributed by atoms with Gasteiger partial charge in [0.15, 0.2) is 0 Å². The van der Waals surface area contributed by atoms with E-state index in [1.54, 1.807) is 0 Å². The van der Waals surface area contributed by atoms with Crippen LogP contribution in [-0.4, -0.2) is 9.89 Å². The van der Waals surface area contributed by atoms with Crippen molar-refractivity contribution in [3.8, 4) is 0 Å². The van der Waals surface area contributed by atoms with Gasteiger partial charge in [-0.05, 0) is 0 Å². The first kappa shape index (κ1) is 5.16. The van der Waals surface area contributed by atoms with Gasteiger partial charge >= 0.3 is 0 Å². The van der Waals surface area contributed by atoms with Gasteiger partial charge in [0.1, 0.15) is 1.12 Å². The molecule has 24 valence electrons. The van der Waals surface area contributed by atoms with Crippen LogP contribution in [0.3, 0.4) is 0 Å². The Morgan fingerprint density at radius 1 is 2.25 bits per heavy atom. The second-order valence-corrected chi connectivity index (χ2v) is 0.204. The van der Waals surface area contributed by atoms with E-state index in [-0.39, 0.29) is 31.1 Å². The first-order valence-electron chi connectivity index (χ1n) is 0.742. The fourth-order valence-corrected chi connectivity index (χ4v) is 0. The van der Waals surface area contributed by atoms with Gasteiger partial charge in [-0.15, -0.1) is 0 Å². The fraction of sp³-hybridized carbons (Fsp3) is 0. The molecule has 0 aliphatic heterocycles. The zero-order chi connectivity index (χ0) is 3.58. The normalized spacial score (nSPS) is 15.8. The van der Waals surface area contributed by atoms with E-state index in [4.69, 9.17) is 9.89 Å². The summed E-state index contributed by atoms with van der Waals surface area (Å²) >= 11 is -2.61. The molecule has 0 amide bonds. The van der Waals surface area contributed by atoms with Gasteiger partial charge in [0.05, 0.1) is 0 Å². The molecule has 2 nitrogen and oxygen atoms in total. The van der Waals surface area contributed by atoms with Crippen molar-refractivity contribution in [1.29, 1.82) is 1.12 Å². The molecule has 0 aliphatic rings. The first-order chi connectivity index (χ1) is 1.73. The van der Waals surface area contributed by atoms with Crippen molar-refractivity contribution in [2.24, 2.45) is 0 Å². The summed E-state index contributed by atoms with van der Waals surface area (Å²) in [7, 11) is 0. The van der Waals surface area contributed by atoms with Crippen LogP contribution in [0.15, 0.2) is 0 Å². The molecule has 0 N–H and O–H groups in total. The average molecular weight is 305 g/mol. The van der Waals surface area contributed by atoms with E-state index in [0.717, 1.165) is 0 Å². The van der Waals surface area contributed by atoms with Gasteiger partial charge < -0.3 is 4.55 Å². The van der Waals surface area contributed by atoms with Crippen LogP contribution in [0.25, 0.3) is 0 Å². The van der Waals surface area contributed by atoms with E-state index < -0.39 is 11.9 Å². The maximum absolute atomic E-state index is 8.67. The summed E-state index contributed by atoms with van der Waals surface area (Å²) in [5.41, 5.74) is 0. The topological polar surface area (TPSA) is 40.1 Å². The third-order valence-electron chi connectivity index (χ3n) is 0. The van der Waals surface area contributed by atoms with Crippen LogP contribution in [0.1, 0.15) is 0 Å². The van der Waals surface area contributed by atoms with E-state index in [0.29, 0.717) is 0 Å². The Hall–Kier alpha value is 1.16. The van der Waals surface area contributed by atoms with Crippen molar-refractivity contribution in [3.63, 3.8) is 0 Å². The molecule has 0 aromatic carbocycles. The average Bonchev–Trinajstić information content (AvgIpc) is 0.811. The minimum atomic E-state index is -2.61. The molecule has 0 aliphatic carbocycles. The molecule has 0 aromatic heterocycles. The summed E-state index contributed by atoms with van der Waals surface area (Å²) in [5.74, 6) is 0. The number of thiol groups is 1. The fourth-order valence-electron chi connectivity index (χ4n) is 0. The van der Waals surface area contributed by atoms with Crippen LogP contribution in [-0.2, 0) is 11.9 Å². The Morgan fingerprint density at radius 2 is 2.25 bits per heavy atom. The van der Waals surface area contributed by atoms with Gasteiger partial charge in [0.25, 0.3) is 0 Å². The van der Waals surface area contributed by atoms with Crippen LogP contribution >= 0.6 is 0 Å². The van der Waals surface area contributed by atoms with Gasteiger partial charge in [-0.3, -0.25) is 4.21 Å². The third kappa shape index (κ3) is 10.9. The van der Waals surface area contributed by atoms with Crippen LogP contribution in [0.2, 0.25) is 0 Å². The van der Waals surface area contributed by atoms with Crippen LogP contribution in [0.5, 0.6) is 0 Å². The SMILES string of the molecule is [3H]S(=O)[O-].[U]. The molecule has 0 aromatic rings. The van der Waals surface area contributed by atoms with Crippen molar-refractivity contribution in [2.45, 2.75) is 0 Å². The summed E-state index contributed by atoms with van der Waals surface area (Å²) in [6.07, 6.45) is 0. The van der Waals surface area contributed by atoms with Gasteiger partial charge in [-0.1, -0.05) is 11.9 Å². The van der Waals surface area contributed by atoms with Crippen molar-refractivity contribution < 1.29 is 39.9 Å². The Balaban J connectivity index is 0. The monoisotopic (exact) mass is 305 g/mol. The minimum Gasteiger partial charge on any atom is -0.775 e. The Labute approximate surface area is 52.7 Å². The van der Waals surface area contributed by atoms with Crippen molar-refractivity contribution >= 4 is 11.9 Å². The minimum absolute atomic E-state index is 0. The Bertz CT molecular complexity index is 32.6. The third-order valence-corrected chi connectivity index (χ3v) is 0. The maximum Gasteiger partial charge on any atom is 0.123 e. The predicted octanol–water partition coefficient (Wildman–Crippen LogP) is -0.938. The quantitative estimate of drug-likeness (QED) is 0.464. The molecule has 1 unspecified atom stereocenters. The molecular weight excluding hydrogens is 302 g/mol. The summed E-state index contributed by atoms with van der Waals surface area (Å²) in [5, 5.41) is 0. The molecule has 0 saturated heterocycles.